The fourth-order valence-electron chi connectivity index (χ4n) is 2.07. The van der Waals surface area contributed by atoms with Gasteiger partial charge in [-0.25, -0.2) is 4.79 Å². The Morgan fingerprint density at radius 1 is 0.277 bits per heavy atom. The van der Waals surface area contributed by atoms with Gasteiger partial charge in [0.15, 0.2) is 0 Å². The molecule has 0 rings (SSSR count). The molecule has 4 heteroatoms. The van der Waals surface area contributed by atoms with Gasteiger partial charge < -0.3 is 9.47 Å². The summed E-state index contributed by atoms with van der Waals surface area (Å²) in [5.41, 5.74) is -0.241. The molecule has 0 saturated heterocycles. The van der Waals surface area contributed by atoms with Crippen LogP contribution in [-0.2, 0) is 19.1 Å². The van der Waals surface area contributed by atoms with Gasteiger partial charge in [-0.1, -0.05) is 6.58 Å². The molecule has 0 aliphatic carbocycles. The molecule has 0 unspecified atom stereocenters. The number of hydrogen-bond donors (Lipinski definition) is 0. The van der Waals surface area contributed by atoms with Crippen LogP contribution in [0.5, 0.6) is 0 Å². The largest absolute Gasteiger partial charge is 0.371 e. The smallest absolute Gasteiger partial charge is 0.347 e. The van der Waals surface area contributed by atoms with Crippen LogP contribution >= 0.6 is 0 Å². The topological polar surface area (TPSA) is 52.6 Å². The van der Waals surface area contributed by atoms with Crippen LogP contribution in [0.25, 0.3) is 0 Å². The van der Waals surface area contributed by atoms with Gasteiger partial charge >= 0.3 is 11.9 Å². The second-order valence-electron chi connectivity index (χ2n) is 8.39. The predicted molar refractivity (Wildman–Crippen MR) is 246 cm³/mol. The number of rotatable bonds is 3. The first kappa shape index (κ1) is 51.4. The maximum absolute atomic E-state index is 11.9. The maximum atomic E-state index is 11.9. The van der Waals surface area contributed by atoms with Crippen LogP contribution in [0.15, 0.2) is 12.2 Å². The quantitative estimate of drug-likeness (QED) is 0.234. The highest BCUT2D eigenvalue weighted by Gasteiger charge is 2.13. The third kappa shape index (κ3) is 43.0. The van der Waals surface area contributed by atoms with E-state index in [4.69, 9.17) is 12.8 Å². The Morgan fingerprint density at radius 2 is 0.446 bits per heavy atom. The summed E-state index contributed by atoms with van der Waals surface area (Å²) in [4.78, 5) is 23.7. The normalized spacial score (nSPS) is 4.71. The van der Waals surface area contributed by atoms with Gasteiger partial charge in [-0.05, 0) is 94.7 Å². The first-order valence-corrected chi connectivity index (χ1v) is 16.1. The molecule has 0 aliphatic rings. The third-order valence-corrected chi connectivity index (χ3v) is 4.20. The molecule has 0 spiro atoms. The van der Waals surface area contributed by atoms with Crippen LogP contribution in [0.2, 0.25) is 0 Å². The van der Waals surface area contributed by atoms with Gasteiger partial charge in [-0.3, -0.25) is 4.79 Å². The van der Waals surface area contributed by atoms with Crippen LogP contribution in [0.4, 0.5) is 0 Å². The second kappa shape index (κ2) is 44.8. The Kier molecular flexibility index (Phi) is 35.4. The third-order valence-electron chi connectivity index (χ3n) is 4.20. The molecular weight excluding hydrogens is 797 g/mol. The van der Waals surface area contributed by atoms with Crippen molar-refractivity contribution >= 4 is 11.9 Å². The van der Waals surface area contributed by atoms with Crippen molar-refractivity contribution in [2.45, 2.75) is 6.42 Å². The van der Waals surface area contributed by atoms with E-state index in [-0.39, 0.29) is 5.57 Å². The minimum atomic E-state index is -0.972. The number of esters is 2. The summed E-state index contributed by atoms with van der Waals surface area (Å²) < 4.78 is 9.27. The maximum Gasteiger partial charge on any atom is 0.347 e. The summed E-state index contributed by atoms with van der Waals surface area (Å²) in [7, 11) is 0. The molecule has 0 bridgehead atoms. The summed E-state index contributed by atoms with van der Waals surface area (Å²) >= 11 is 0. The molecule has 0 aromatic rings. The Labute approximate surface area is 380 Å². The molecule has 0 fully saturated rings. The van der Waals surface area contributed by atoms with Crippen LogP contribution < -0.4 is 0 Å². The number of terminal acetylenes is 2. The summed E-state index contributed by atoms with van der Waals surface area (Å²) in [6.45, 7) is 3.44. The van der Waals surface area contributed by atoms with E-state index in [1.165, 1.54) is 0 Å². The highest BCUT2D eigenvalue weighted by atomic mass is 16.5. The average Bonchev–Trinajstić information content (AvgIpc) is 3.30. The number of ether oxygens (including phenoxy) is 2. The number of hydrogen-bond acceptors (Lipinski definition) is 4. The van der Waals surface area contributed by atoms with Gasteiger partial charge in [0.1, 0.15) is 12.2 Å². The Bertz CT molecular complexity index is 3920. The number of carbonyl (C=O) groups is 2. The molecule has 0 radical (unpaired) electrons. The van der Waals surface area contributed by atoms with Crippen molar-refractivity contribution in [2.24, 2.45) is 0 Å². The van der Waals surface area contributed by atoms with Crippen molar-refractivity contribution in [1.29, 1.82) is 0 Å². The molecule has 0 aliphatic heterocycles. The molecule has 4 nitrogen and oxygen atoms in total. The summed E-state index contributed by atoms with van der Waals surface area (Å²) in [5.74, 6) is 124. The molecular formula is C61H6O4. The zero-order chi connectivity index (χ0) is 47.0. The predicted octanol–water partition coefficient (Wildman–Crippen LogP) is 0.289. The summed E-state index contributed by atoms with van der Waals surface area (Å²) in [6, 6.07) is 0. The van der Waals surface area contributed by atoms with Crippen LogP contribution in [0, 0.1) is 333 Å². The Morgan fingerprint density at radius 3 is 0.646 bits per heavy atom. The molecule has 0 aromatic carbocycles. The van der Waals surface area contributed by atoms with Gasteiger partial charge in [-0.2, -0.15) is 0 Å². The van der Waals surface area contributed by atoms with Crippen molar-refractivity contribution in [3.05, 3.63) is 12.2 Å². The van der Waals surface area contributed by atoms with Gasteiger partial charge in [0.2, 0.25) is 0 Å². The van der Waals surface area contributed by atoms with Gasteiger partial charge in [0, 0.05) is 219 Å². The molecule has 274 valence electrons. The van der Waals surface area contributed by atoms with Crippen molar-refractivity contribution in [3.63, 3.8) is 0 Å². The van der Waals surface area contributed by atoms with Crippen molar-refractivity contribution in [3.8, 4) is 333 Å². The first-order chi connectivity index (χ1) is 32.1. The van der Waals surface area contributed by atoms with E-state index >= 15 is 0 Å². The van der Waals surface area contributed by atoms with E-state index in [2.05, 4.69) is 330 Å². The fraction of sp³-hybridized carbons (Fsp3) is 0.0164. The monoisotopic (exact) mass is 802 g/mol. The molecule has 65 heavy (non-hydrogen) atoms. The SMILES string of the molecule is C#CC#CC#CC#CC#CC#CC#CC#CC#CC#CC#CC#CC#CC#COC(=O)CC(=C)C(=O)OC#CC#CC#CC#CC#CC#CC#CC#CC#CC#CC#CC#CC#CC#C. The lowest BCUT2D eigenvalue weighted by atomic mass is 10.2. The van der Waals surface area contributed by atoms with E-state index in [1.807, 2.05) is 6.11 Å². The summed E-state index contributed by atoms with van der Waals surface area (Å²) in [5, 5.41) is 0. The van der Waals surface area contributed by atoms with E-state index in [9.17, 15) is 9.59 Å². The first-order valence-electron chi connectivity index (χ1n) is 16.1. The van der Waals surface area contributed by atoms with Crippen molar-refractivity contribution in [2.75, 3.05) is 0 Å². The zero-order valence-electron chi connectivity index (χ0n) is 32.7. The molecule has 0 amide bonds. The van der Waals surface area contributed by atoms with Crippen molar-refractivity contribution < 1.29 is 19.1 Å². The van der Waals surface area contributed by atoms with E-state index < -0.39 is 18.4 Å². The molecule has 0 saturated carbocycles. The van der Waals surface area contributed by atoms with E-state index in [0.717, 1.165) is 0 Å². The van der Waals surface area contributed by atoms with Crippen LogP contribution in [-0.4, -0.2) is 11.9 Å². The lowest BCUT2D eigenvalue weighted by Crippen LogP contribution is -2.09. The Balaban J connectivity index is 4.58. The van der Waals surface area contributed by atoms with Gasteiger partial charge in [0.25, 0.3) is 0 Å². The highest BCUT2D eigenvalue weighted by Crippen LogP contribution is 2.02. The minimum Gasteiger partial charge on any atom is -0.371 e. The lowest BCUT2D eigenvalue weighted by Gasteiger charge is -1.98. The highest BCUT2D eigenvalue weighted by molar-refractivity contribution is 5.94. The van der Waals surface area contributed by atoms with E-state index in [0.29, 0.717) is 0 Å². The second-order valence-corrected chi connectivity index (χ2v) is 8.39. The zero-order valence-corrected chi connectivity index (χ0v) is 32.7. The fourth-order valence-corrected chi connectivity index (χ4v) is 2.07. The van der Waals surface area contributed by atoms with Crippen LogP contribution in [0.1, 0.15) is 6.42 Å². The number of carbonyl (C=O) groups excluding carboxylic acids is 2. The van der Waals surface area contributed by atoms with Gasteiger partial charge in [0.05, 0.1) is 6.42 Å². The Hall–Kier alpha value is -13.6. The molecule has 0 N–H and O–H groups in total. The van der Waals surface area contributed by atoms with Gasteiger partial charge in [-0.15, -0.1) is 12.8 Å². The van der Waals surface area contributed by atoms with E-state index in [1.54, 1.807) is 0 Å². The molecule has 0 heterocycles. The molecule has 0 aromatic heterocycles. The average molecular weight is 803 g/mol. The standard InChI is InChI=1S/C61H6O4/c1-4-6-8-10-12-14-16-18-20-22-24-26-28-30-32-34-36-38-40-42-44-46-48-50-52-54-56-64-60(62)58-59(3)61(63)65-57-55-53-51-49-47-45-43-41-39-37-35-33-31-29-27-25-23-21-19-17-15-13-11-9-7-5-2/h1-2H,3,58H2. The summed E-state index contributed by atoms with van der Waals surface area (Å²) in [6.07, 6.45) is 13.5. The lowest BCUT2D eigenvalue weighted by molar-refractivity contribution is -0.139. The van der Waals surface area contributed by atoms with Crippen LogP contribution in [0.3, 0.4) is 0 Å². The van der Waals surface area contributed by atoms with Crippen molar-refractivity contribution in [1.82, 2.24) is 0 Å². The molecule has 0 atom stereocenters. The minimum absolute atomic E-state index is 0.241.